The first kappa shape index (κ1) is 11.9. The Hall–Kier alpha value is -0.610. The van der Waals surface area contributed by atoms with Gasteiger partial charge in [0.2, 0.25) is 5.89 Å². The molecule has 1 aromatic rings. The molecule has 2 atom stereocenters. The largest absolute Gasteiger partial charge is 0.339 e. The van der Waals surface area contributed by atoms with Crippen LogP contribution in [0.2, 0.25) is 0 Å². The SMILES string of the molecule is Cl.NC1CCCCC1c1noc(C2CC2)n1. The van der Waals surface area contributed by atoms with Crippen LogP contribution in [-0.2, 0) is 0 Å². The highest BCUT2D eigenvalue weighted by molar-refractivity contribution is 5.85. The van der Waals surface area contributed by atoms with E-state index in [1.54, 1.807) is 0 Å². The highest BCUT2D eigenvalue weighted by atomic mass is 35.5. The number of hydrogen-bond acceptors (Lipinski definition) is 4. The van der Waals surface area contributed by atoms with Gasteiger partial charge >= 0.3 is 0 Å². The monoisotopic (exact) mass is 243 g/mol. The van der Waals surface area contributed by atoms with Crippen LogP contribution in [0.5, 0.6) is 0 Å². The molecule has 2 aliphatic carbocycles. The van der Waals surface area contributed by atoms with Crippen molar-refractivity contribution < 1.29 is 4.52 Å². The molecule has 3 rings (SSSR count). The van der Waals surface area contributed by atoms with Crippen molar-refractivity contribution in [3.05, 3.63) is 11.7 Å². The molecule has 0 radical (unpaired) electrons. The molecule has 4 nitrogen and oxygen atoms in total. The third-order valence-electron chi connectivity index (χ3n) is 3.54. The Balaban J connectivity index is 0.000000963. The maximum absolute atomic E-state index is 6.09. The van der Waals surface area contributed by atoms with Crippen LogP contribution in [0.15, 0.2) is 4.52 Å². The van der Waals surface area contributed by atoms with Gasteiger partial charge in [0, 0.05) is 17.9 Å². The molecule has 0 bridgehead atoms. The number of rotatable bonds is 2. The van der Waals surface area contributed by atoms with E-state index in [4.69, 9.17) is 10.3 Å². The van der Waals surface area contributed by atoms with Crippen molar-refractivity contribution in [2.75, 3.05) is 0 Å². The van der Waals surface area contributed by atoms with Crippen LogP contribution in [0.25, 0.3) is 0 Å². The summed E-state index contributed by atoms with van der Waals surface area (Å²) in [7, 11) is 0. The van der Waals surface area contributed by atoms with Gasteiger partial charge in [-0.15, -0.1) is 12.4 Å². The Morgan fingerprint density at radius 1 is 1.12 bits per heavy atom. The fourth-order valence-electron chi connectivity index (χ4n) is 2.37. The smallest absolute Gasteiger partial charge is 0.229 e. The van der Waals surface area contributed by atoms with Crippen LogP contribution in [-0.4, -0.2) is 16.2 Å². The molecule has 0 spiro atoms. The summed E-state index contributed by atoms with van der Waals surface area (Å²) < 4.78 is 5.27. The molecule has 0 saturated heterocycles. The van der Waals surface area contributed by atoms with Crippen LogP contribution >= 0.6 is 12.4 Å². The van der Waals surface area contributed by atoms with Crippen LogP contribution < -0.4 is 5.73 Å². The maximum Gasteiger partial charge on any atom is 0.229 e. The first-order valence-corrected chi connectivity index (χ1v) is 5.93. The van der Waals surface area contributed by atoms with Crippen molar-refractivity contribution in [1.82, 2.24) is 10.1 Å². The summed E-state index contributed by atoms with van der Waals surface area (Å²) in [4.78, 5) is 4.49. The van der Waals surface area contributed by atoms with Crippen LogP contribution in [0.3, 0.4) is 0 Å². The van der Waals surface area contributed by atoms with Gasteiger partial charge in [-0.05, 0) is 25.7 Å². The van der Waals surface area contributed by atoms with Crippen LogP contribution in [0, 0.1) is 0 Å². The number of halogens is 1. The van der Waals surface area contributed by atoms with Gasteiger partial charge in [-0.3, -0.25) is 0 Å². The number of nitrogens with two attached hydrogens (primary N) is 1. The van der Waals surface area contributed by atoms with Crippen molar-refractivity contribution in [2.24, 2.45) is 5.73 Å². The van der Waals surface area contributed by atoms with Gasteiger partial charge in [-0.1, -0.05) is 18.0 Å². The average molecular weight is 244 g/mol. The molecule has 0 aliphatic heterocycles. The summed E-state index contributed by atoms with van der Waals surface area (Å²) in [6.07, 6.45) is 7.11. The molecular formula is C11H18ClN3O. The minimum atomic E-state index is 0. The minimum Gasteiger partial charge on any atom is -0.339 e. The van der Waals surface area contributed by atoms with Gasteiger partial charge < -0.3 is 10.3 Å². The zero-order valence-electron chi connectivity index (χ0n) is 9.26. The first-order valence-electron chi connectivity index (χ1n) is 5.93. The molecule has 1 aromatic heterocycles. The van der Waals surface area contributed by atoms with Crippen LogP contribution in [0.1, 0.15) is 62.1 Å². The Bertz CT molecular complexity index is 351. The normalized spacial score (nSPS) is 29.8. The number of nitrogens with zero attached hydrogens (tertiary/aromatic N) is 2. The molecule has 0 aromatic carbocycles. The van der Waals surface area contributed by atoms with Crippen molar-refractivity contribution in [1.29, 1.82) is 0 Å². The van der Waals surface area contributed by atoms with E-state index in [9.17, 15) is 0 Å². The molecule has 2 saturated carbocycles. The highest BCUT2D eigenvalue weighted by Gasteiger charge is 2.32. The second-order valence-corrected chi connectivity index (χ2v) is 4.82. The zero-order valence-corrected chi connectivity index (χ0v) is 10.1. The average Bonchev–Trinajstić information content (AvgIpc) is 2.99. The van der Waals surface area contributed by atoms with E-state index < -0.39 is 0 Å². The Morgan fingerprint density at radius 3 is 2.56 bits per heavy atom. The van der Waals surface area contributed by atoms with Gasteiger partial charge in [0.15, 0.2) is 5.82 Å². The predicted molar refractivity (Wildman–Crippen MR) is 62.7 cm³/mol. The fraction of sp³-hybridized carbons (Fsp3) is 0.818. The summed E-state index contributed by atoms with van der Waals surface area (Å²) in [6.45, 7) is 0. The molecule has 0 amide bonds. The van der Waals surface area contributed by atoms with E-state index in [-0.39, 0.29) is 18.4 Å². The summed E-state index contributed by atoms with van der Waals surface area (Å²) >= 11 is 0. The van der Waals surface area contributed by atoms with Gasteiger partial charge in [-0.2, -0.15) is 4.98 Å². The van der Waals surface area contributed by atoms with Gasteiger partial charge in [0.05, 0.1) is 0 Å². The molecular weight excluding hydrogens is 226 g/mol. The maximum atomic E-state index is 6.09. The number of aromatic nitrogens is 2. The third kappa shape index (κ3) is 2.23. The summed E-state index contributed by atoms with van der Waals surface area (Å²) in [6, 6.07) is 0.225. The zero-order chi connectivity index (χ0) is 10.3. The Morgan fingerprint density at radius 2 is 1.88 bits per heavy atom. The molecule has 5 heteroatoms. The number of hydrogen-bond donors (Lipinski definition) is 1. The highest BCUT2D eigenvalue weighted by Crippen LogP contribution is 2.40. The van der Waals surface area contributed by atoms with Crippen molar-refractivity contribution in [2.45, 2.75) is 56.4 Å². The van der Waals surface area contributed by atoms with E-state index in [0.717, 1.165) is 24.6 Å². The Labute approximate surface area is 101 Å². The predicted octanol–water partition coefficient (Wildman–Crippen LogP) is 2.35. The van der Waals surface area contributed by atoms with E-state index in [2.05, 4.69) is 10.1 Å². The first-order chi connectivity index (χ1) is 7.34. The molecule has 2 N–H and O–H groups in total. The molecule has 90 valence electrons. The standard InChI is InChI=1S/C11H17N3O.ClH/c12-9-4-2-1-3-8(9)10-13-11(15-14-10)7-5-6-7;/h7-9H,1-6,12H2;1H. The summed E-state index contributed by atoms with van der Waals surface area (Å²) in [5, 5.41) is 4.09. The molecule has 16 heavy (non-hydrogen) atoms. The lowest BCUT2D eigenvalue weighted by atomic mass is 9.84. The lowest BCUT2D eigenvalue weighted by Gasteiger charge is -2.25. The topological polar surface area (TPSA) is 64.9 Å². The quantitative estimate of drug-likeness (QED) is 0.866. The van der Waals surface area contributed by atoms with Crippen molar-refractivity contribution in [3.63, 3.8) is 0 Å². The van der Waals surface area contributed by atoms with E-state index in [0.29, 0.717) is 11.8 Å². The van der Waals surface area contributed by atoms with Crippen LogP contribution in [0.4, 0.5) is 0 Å². The van der Waals surface area contributed by atoms with E-state index in [1.807, 2.05) is 0 Å². The summed E-state index contributed by atoms with van der Waals surface area (Å²) in [5.41, 5.74) is 6.09. The van der Waals surface area contributed by atoms with Crippen molar-refractivity contribution in [3.8, 4) is 0 Å². The molecule has 2 aliphatic rings. The molecule has 2 unspecified atom stereocenters. The fourth-order valence-corrected chi connectivity index (χ4v) is 2.37. The van der Waals surface area contributed by atoms with Gasteiger partial charge in [0.1, 0.15) is 0 Å². The van der Waals surface area contributed by atoms with Gasteiger partial charge in [-0.25, -0.2) is 0 Å². The van der Waals surface area contributed by atoms with Gasteiger partial charge in [0.25, 0.3) is 0 Å². The summed E-state index contributed by atoms with van der Waals surface area (Å²) in [5.74, 6) is 2.56. The van der Waals surface area contributed by atoms with Crippen molar-refractivity contribution >= 4 is 12.4 Å². The molecule has 1 heterocycles. The molecule has 2 fully saturated rings. The Kier molecular flexibility index (Phi) is 3.50. The lowest BCUT2D eigenvalue weighted by Crippen LogP contribution is -2.31. The second-order valence-electron chi connectivity index (χ2n) is 4.82. The third-order valence-corrected chi connectivity index (χ3v) is 3.54. The lowest BCUT2D eigenvalue weighted by molar-refractivity contribution is 0.340. The van der Waals surface area contributed by atoms with E-state index >= 15 is 0 Å². The van der Waals surface area contributed by atoms with E-state index in [1.165, 1.54) is 25.7 Å². The minimum absolute atomic E-state index is 0. The second kappa shape index (κ2) is 4.72.